The van der Waals surface area contributed by atoms with Crippen LogP contribution in [0, 0.1) is 0 Å². The second-order valence-electron chi connectivity index (χ2n) is 4.05. The summed E-state index contributed by atoms with van der Waals surface area (Å²) >= 11 is 0. The van der Waals surface area contributed by atoms with Crippen LogP contribution >= 0.6 is 0 Å². The minimum Gasteiger partial charge on any atom is -0.481 e. The van der Waals surface area contributed by atoms with Gasteiger partial charge in [0, 0.05) is 0 Å². The van der Waals surface area contributed by atoms with Crippen LogP contribution in [0.2, 0.25) is 0 Å². The number of rotatable bonds is 7. The van der Waals surface area contributed by atoms with Gasteiger partial charge in [0.15, 0.2) is 0 Å². The van der Waals surface area contributed by atoms with Crippen molar-refractivity contribution in [2.45, 2.75) is 32.2 Å². The molecule has 0 fully saturated rings. The molecule has 0 aliphatic heterocycles. The maximum atomic E-state index is 9.51. The summed E-state index contributed by atoms with van der Waals surface area (Å²) in [5.41, 5.74) is -0.419. The minimum absolute atomic E-state index is 0.0168. The van der Waals surface area contributed by atoms with E-state index in [9.17, 15) is 5.11 Å². The van der Waals surface area contributed by atoms with Crippen molar-refractivity contribution >= 4 is 5.95 Å². The number of aromatic nitrogens is 2. The van der Waals surface area contributed by atoms with Crippen molar-refractivity contribution in [2.24, 2.45) is 0 Å². The molecule has 6 heteroatoms. The number of nitrogens with zero attached hydrogens (tertiary/aromatic N) is 2. The maximum Gasteiger partial charge on any atom is 0.229 e. The van der Waals surface area contributed by atoms with E-state index in [4.69, 9.17) is 9.47 Å². The molecule has 6 nitrogen and oxygen atoms in total. The number of aliphatic hydroxyl groups excluding tert-OH is 1. The Morgan fingerprint density at radius 3 is 2.00 bits per heavy atom. The van der Waals surface area contributed by atoms with Gasteiger partial charge in [0.25, 0.3) is 0 Å². The number of hydrogen-bond acceptors (Lipinski definition) is 6. The fraction of sp³-hybridized carbons (Fsp3) is 0.667. The van der Waals surface area contributed by atoms with E-state index in [2.05, 4.69) is 15.3 Å². The molecule has 1 heterocycles. The Labute approximate surface area is 107 Å². The molecule has 0 amide bonds. The van der Waals surface area contributed by atoms with Crippen molar-refractivity contribution in [3.63, 3.8) is 0 Å². The molecular formula is C12H21N3O3. The highest BCUT2D eigenvalue weighted by Gasteiger charge is 2.26. The van der Waals surface area contributed by atoms with Gasteiger partial charge in [-0.3, -0.25) is 0 Å². The van der Waals surface area contributed by atoms with Gasteiger partial charge in [-0.25, -0.2) is 0 Å². The Balaban J connectivity index is 3.01. The summed E-state index contributed by atoms with van der Waals surface area (Å²) in [5, 5.41) is 12.7. The van der Waals surface area contributed by atoms with Crippen molar-refractivity contribution in [3.8, 4) is 11.8 Å². The third kappa shape index (κ3) is 3.22. The number of methoxy groups -OCH3 is 2. The van der Waals surface area contributed by atoms with E-state index in [0.29, 0.717) is 17.7 Å². The van der Waals surface area contributed by atoms with Crippen molar-refractivity contribution in [1.29, 1.82) is 0 Å². The Hall–Kier alpha value is -1.56. The van der Waals surface area contributed by atoms with Gasteiger partial charge in [-0.15, -0.1) is 0 Å². The van der Waals surface area contributed by atoms with Crippen LogP contribution in [-0.2, 0) is 0 Å². The molecule has 0 saturated heterocycles. The van der Waals surface area contributed by atoms with Gasteiger partial charge in [-0.2, -0.15) is 9.97 Å². The first-order valence-corrected chi connectivity index (χ1v) is 5.99. The molecule has 1 aromatic rings. The Kier molecular flexibility index (Phi) is 5.15. The number of ether oxygens (including phenoxy) is 2. The summed E-state index contributed by atoms with van der Waals surface area (Å²) in [6.07, 6.45) is 1.53. The van der Waals surface area contributed by atoms with E-state index in [1.54, 1.807) is 6.07 Å². The van der Waals surface area contributed by atoms with Crippen LogP contribution in [0.5, 0.6) is 11.8 Å². The lowest BCUT2D eigenvalue weighted by Crippen LogP contribution is -2.41. The van der Waals surface area contributed by atoms with Gasteiger partial charge in [-0.05, 0) is 12.8 Å². The molecule has 0 saturated carbocycles. The van der Waals surface area contributed by atoms with Gasteiger partial charge in [0.05, 0.1) is 32.4 Å². The highest BCUT2D eigenvalue weighted by molar-refractivity contribution is 5.36. The predicted molar refractivity (Wildman–Crippen MR) is 69.2 cm³/mol. The Morgan fingerprint density at radius 1 is 1.17 bits per heavy atom. The summed E-state index contributed by atoms with van der Waals surface area (Å²) < 4.78 is 10.2. The Morgan fingerprint density at radius 2 is 1.67 bits per heavy atom. The molecule has 0 aliphatic carbocycles. The number of anilines is 1. The number of nitrogens with one attached hydrogen (secondary N) is 1. The van der Waals surface area contributed by atoms with Gasteiger partial charge < -0.3 is 19.9 Å². The van der Waals surface area contributed by atoms with Gasteiger partial charge >= 0.3 is 0 Å². The zero-order valence-corrected chi connectivity index (χ0v) is 11.4. The average molecular weight is 255 g/mol. The first-order chi connectivity index (χ1) is 8.62. The molecule has 1 rings (SSSR count). The topological polar surface area (TPSA) is 76.5 Å². The quantitative estimate of drug-likeness (QED) is 0.768. The van der Waals surface area contributed by atoms with Crippen LogP contribution in [0.1, 0.15) is 26.7 Å². The fourth-order valence-electron chi connectivity index (χ4n) is 1.60. The molecule has 0 spiro atoms. The van der Waals surface area contributed by atoms with Crippen molar-refractivity contribution in [3.05, 3.63) is 6.07 Å². The van der Waals surface area contributed by atoms with Crippen molar-refractivity contribution < 1.29 is 14.6 Å². The summed E-state index contributed by atoms with van der Waals surface area (Å²) in [6.45, 7) is 4.02. The van der Waals surface area contributed by atoms with E-state index in [1.165, 1.54) is 14.2 Å². The van der Waals surface area contributed by atoms with Crippen LogP contribution in [0.3, 0.4) is 0 Å². The standard InChI is InChI=1S/C12H21N3O3/c1-5-12(6-2,8-16)15-11-13-9(17-3)7-10(14-11)18-4/h7,16H,5-6,8H2,1-4H3,(H,13,14,15). The molecular weight excluding hydrogens is 234 g/mol. The zero-order chi connectivity index (χ0) is 13.6. The third-order valence-electron chi connectivity index (χ3n) is 3.13. The van der Waals surface area contributed by atoms with E-state index in [0.717, 1.165) is 12.8 Å². The van der Waals surface area contributed by atoms with Crippen LogP contribution in [0.15, 0.2) is 6.07 Å². The lowest BCUT2D eigenvalue weighted by molar-refractivity contribution is 0.201. The molecule has 0 atom stereocenters. The molecule has 18 heavy (non-hydrogen) atoms. The third-order valence-corrected chi connectivity index (χ3v) is 3.13. The first-order valence-electron chi connectivity index (χ1n) is 5.99. The van der Waals surface area contributed by atoms with Crippen LogP contribution in [-0.4, -0.2) is 41.4 Å². The van der Waals surface area contributed by atoms with Gasteiger partial charge in [-0.1, -0.05) is 13.8 Å². The molecule has 0 unspecified atom stereocenters. The monoisotopic (exact) mass is 255 g/mol. The van der Waals surface area contributed by atoms with Gasteiger partial charge in [0.1, 0.15) is 0 Å². The number of aliphatic hydroxyl groups is 1. The predicted octanol–water partition coefficient (Wildman–Crippen LogP) is 1.46. The molecule has 0 bridgehead atoms. The second kappa shape index (κ2) is 6.39. The molecule has 102 valence electrons. The van der Waals surface area contributed by atoms with Gasteiger partial charge in [0.2, 0.25) is 17.7 Å². The van der Waals surface area contributed by atoms with Crippen LogP contribution in [0.25, 0.3) is 0 Å². The zero-order valence-electron chi connectivity index (χ0n) is 11.4. The highest BCUT2D eigenvalue weighted by Crippen LogP contribution is 2.23. The number of hydrogen-bond donors (Lipinski definition) is 2. The highest BCUT2D eigenvalue weighted by atomic mass is 16.5. The smallest absolute Gasteiger partial charge is 0.229 e. The molecule has 1 aromatic heterocycles. The largest absolute Gasteiger partial charge is 0.481 e. The minimum atomic E-state index is -0.419. The van der Waals surface area contributed by atoms with Crippen LogP contribution < -0.4 is 14.8 Å². The summed E-state index contributed by atoms with van der Waals surface area (Å²) in [6, 6.07) is 1.60. The Bertz CT molecular complexity index is 350. The molecule has 2 N–H and O–H groups in total. The lowest BCUT2D eigenvalue weighted by atomic mass is 9.94. The summed E-state index contributed by atoms with van der Waals surface area (Å²) in [5.74, 6) is 1.23. The normalized spacial score (nSPS) is 11.2. The van der Waals surface area contributed by atoms with E-state index >= 15 is 0 Å². The SMILES string of the molecule is CCC(CC)(CO)Nc1nc(OC)cc(OC)n1. The maximum absolute atomic E-state index is 9.51. The molecule has 0 aromatic carbocycles. The fourth-order valence-corrected chi connectivity index (χ4v) is 1.60. The van der Waals surface area contributed by atoms with Crippen molar-refractivity contribution in [1.82, 2.24) is 9.97 Å². The average Bonchev–Trinajstić information content (AvgIpc) is 2.44. The van der Waals surface area contributed by atoms with E-state index < -0.39 is 5.54 Å². The second-order valence-corrected chi connectivity index (χ2v) is 4.05. The lowest BCUT2D eigenvalue weighted by Gasteiger charge is -2.30. The van der Waals surface area contributed by atoms with Crippen LogP contribution in [0.4, 0.5) is 5.95 Å². The van der Waals surface area contributed by atoms with Crippen molar-refractivity contribution in [2.75, 3.05) is 26.1 Å². The summed E-state index contributed by atoms with van der Waals surface area (Å²) in [4.78, 5) is 8.39. The molecule has 0 radical (unpaired) electrons. The first kappa shape index (κ1) is 14.5. The summed E-state index contributed by atoms with van der Waals surface area (Å²) in [7, 11) is 3.06. The van der Waals surface area contributed by atoms with E-state index in [1.807, 2.05) is 13.8 Å². The van der Waals surface area contributed by atoms with E-state index in [-0.39, 0.29) is 6.61 Å². The molecule has 0 aliphatic rings.